The van der Waals surface area contributed by atoms with Crippen LogP contribution in [0.4, 0.5) is 0 Å². The van der Waals surface area contributed by atoms with Gasteiger partial charge in [-0.25, -0.2) is 12.1 Å². The Kier molecular flexibility index (Phi) is 20.4. The summed E-state index contributed by atoms with van der Waals surface area (Å²) in [6.07, 6.45) is 28.1. The quantitative estimate of drug-likeness (QED) is 0.0668. The predicted octanol–water partition coefficient (Wildman–Crippen LogP) is 20.5. The molecule has 0 amide bonds. The van der Waals surface area contributed by atoms with Gasteiger partial charge in [-0.3, -0.25) is 0 Å². The number of rotatable bonds is 17. The Labute approximate surface area is 576 Å². The topological polar surface area (TPSA) is 77.3 Å². The molecular formula is C86H54Ir2N6. The van der Waals surface area contributed by atoms with Crippen LogP contribution in [0.5, 0.6) is 0 Å². The van der Waals surface area contributed by atoms with Gasteiger partial charge in [-0.15, -0.1) is 153 Å². The van der Waals surface area contributed by atoms with Gasteiger partial charge in [0.15, 0.2) is 0 Å². The molecule has 0 aliphatic rings. The number of pyridine rings is 6. The summed E-state index contributed by atoms with van der Waals surface area (Å²) in [5.41, 5.74) is 25.1. The largest absolute Gasteiger partial charge is 3.00 e. The van der Waals surface area contributed by atoms with Gasteiger partial charge in [0.1, 0.15) is 0 Å². The Bertz CT molecular complexity index is 4400. The molecule has 0 radical (unpaired) electrons. The molecule has 14 aromatic rings. The predicted molar refractivity (Wildman–Crippen MR) is 377 cm³/mol. The summed E-state index contributed by atoms with van der Waals surface area (Å²) in [5, 5.41) is 0. The van der Waals surface area contributed by atoms with Crippen LogP contribution in [0.25, 0.3) is 150 Å². The van der Waals surface area contributed by atoms with Crippen molar-refractivity contribution in [2.75, 3.05) is 0 Å². The van der Waals surface area contributed by atoms with Gasteiger partial charge in [-0.05, 0) is 140 Å². The van der Waals surface area contributed by atoms with Gasteiger partial charge in [0, 0.05) is 24.8 Å². The monoisotopic (exact) mass is 1560 g/mol. The smallest absolute Gasteiger partial charge is 0.357 e. The first kappa shape index (κ1) is 63.1. The van der Waals surface area contributed by atoms with E-state index in [1.54, 1.807) is 24.8 Å². The van der Waals surface area contributed by atoms with Crippen molar-refractivity contribution >= 4 is 48.6 Å². The van der Waals surface area contributed by atoms with Gasteiger partial charge >= 0.3 is 40.2 Å². The third-order valence-corrected chi connectivity index (χ3v) is 15.7. The molecule has 8 heteroatoms. The van der Waals surface area contributed by atoms with Crippen LogP contribution in [0.1, 0.15) is 44.5 Å². The molecule has 6 aromatic heterocycles. The summed E-state index contributed by atoms with van der Waals surface area (Å²) in [4.78, 5) is 28.0. The van der Waals surface area contributed by atoms with Crippen molar-refractivity contribution in [3.05, 3.63) is 361 Å². The third kappa shape index (κ3) is 15.4. The summed E-state index contributed by atoms with van der Waals surface area (Å²) >= 11 is 0. The number of nitrogens with zero attached hydrogens (tertiary/aromatic N) is 6. The summed E-state index contributed by atoms with van der Waals surface area (Å²) in [7, 11) is 0. The van der Waals surface area contributed by atoms with Crippen LogP contribution in [0.2, 0.25) is 0 Å². The number of aromatic nitrogens is 6. The molecule has 0 spiro atoms. The van der Waals surface area contributed by atoms with Crippen LogP contribution in [-0.4, -0.2) is 29.9 Å². The maximum atomic E-state index is 4.97. The van der Waals surface area contributed by atoms with Crippen LogP contribution >= 0.6 is 0 Å². The normalized spacial score (nSPS) is 11.3. The van der Waals surface area contributed by atoms with Crippen molar-refractivity contribution in [1.82, 2.24) is 29.9 Å². The molecule has 0 N–H and O–H groups in total. The Balaban J connectivity index is 0.00000424. The fourth-order valence-corrected chi connectivity index (χ4v) is 10.9. The van der Waals surface area contributed by atoms with E-state index in [2.05, 4.69) is 238 Å². The average Bonchev–Trinajstić information content (AvgIpc) is 0.832. The van der Waals surface area contributed by atoms with E-state index in [0.29, 0.717) is 11.4 Å². The van der Waals surface area contributed by atoms with E-state index in [1.807, 2.05) is 122 Å². The summed E-state index contributed by atoms with van der Waals surface area (Å²) < 4.78 is 0. The summed E-state index contributed by atoms with van der Waals surface area (Å²) in [6, 6.07) is 103. The van der Waals surface area contributed by atoms with Crippen LogP contribution in [0.3, 0.4) is 0 Å². The summed E-state index contributed by atoms with van der Waals surface area (Å²) in [5.74, 6) is 0. The molecule has 0 saturated carbocycles. The fraction of sp³-hybridized carbons (Fsp3) is 0. The van der Waals surface area contributed by atoms with Crippen molar-refractivity contribution in [2.24, 2.45) is 0 Å². The van der Waals surface area contributed by atoms with Crippen LogP contribution in [-0.2, 0) is 40.2 Å². The number of benzene rings is 8. The van der Waals surface area contributed by atoms with Crippen LogP contribution in [0, 0.1) is 36.4 Å². The van der Waals surface area contributed by atoms with Crippen LogP contribution in [0.15, 0.2) is 280 Å². The Morgan fingerprint density at radius 3 is 0.723 bits per heavy atom. The molecule has 94 heavy (non-hydrogen) atoms. The molecule has 8 aromatic carbocycles. The standard InChI is InChI=1S/C86H54N6.2Ir/c1-3-15-79(75-55-65(25-21-61-29-37-69(38-30-61)81-17-5-9-49-87-81)53-66(56-75)26-22-62-31-39-70(40-32-62)82-18-6-10-50-88-82)77(13-1)73-45-47-85(91-59-73)86-48-46-74(60-92-86)78-14-2-4-16-80(78)76-57-67(27-23-63-33-41-71(42-34-63)83-19-7-11-51-89-83)54-68(58-76)28-24-64-35-43-72(44-36-64)84-20-8-12-52-90-84;;/h1-37,39,41,43,45-46,49-60H;;/q-6;2*+3/b25-21-,26-22-,27-23-,28-24-;;. The van der Waals surface area contributed by atoms with E-state index in [-0.39, 0.29) is 40.2 Å². The molecule has 14 rings (SSSR count). The second-order valence-corrected chi connectivity index (χ2v) is 21.9. The van der Waals surface area contributed by atoms with Gasteiger partial charge in [-0.2, -0.15) is 12.1 Å². The minimum Gasteiger partial charge on any atom is -0.357 e. The molecule has 0 saturated heterocycles. The number of hydrogen-bond donors (Lipinski definition) is 0. The van der Waals surface area contributed by atoms with Gasteiger partial charge in [0.2, 0.25) is 0 Å². The minimum atomic E-state index is 0. The minimum absolute atomic E-state index is 0. The maximum absolute atomic E-state index is 4.97. The van der Waals surface area contributed by atoms with Crippen molar-refractivity contribution in [2.45, 2.75) is 0 Å². The van der Waals surface area contributed by atoms with Gasteiger partial charge in [0.05, 0.1) is 0 Å². The molecular weight excluding hydrogens is 1500 g/mol. The molecule has 446 valence electrons. The first-order valence-electron chi connectivity index (χ1n) is 30.2. The molecule has 0 aliphatic carbocycles. The SMILES string of the molecule is [Ir+3].[Ir+3].[c-]1cc(/C=C\c2cc(/C=C\c3c[c-]c(-c4ccccn4)cc3)cc(-c3ccccc3-c3c[c-]c(-c4[c-]cc(-c5ccccc5-c5cc(/C=C\c6c[c-]c(-c7ccccn7)cc6)cc(/C=C\c6c[c-]c(-c7ccccn7)cc6)c5)cn4)nc3)c2)ccc1-c1ccccn1. The Morgan fingerprint density at radius 2 is 0.489 bits per heavy atom. The van der Waals surface area contributed by atoms with Crippen molar-refractivity contribution < 1.29 is 40.2 Å². The van der Waals surface area contributed by atoms with Gasteiger partial charge in [0.25, 0.3) is 0 Å². The second kappa shape index (κ2) is 30.4. The summed E-state index contributed by atoms with van der Waals surface area (Å²) in [6.45, 7) is 0. The van der Waals surface area contributed by atoms with E-state index in [0.717, 1.165) is 134 Å². The zero-order valence-corrected chi connectivity index (χ0v) is 55.3. The molecule has 0 atom stereocenters. The Morgan fingerprint density at radius 1 is 0.223 bits per heavy atom. The van der Waals surface area contributed by atoms with E-state index in [9.17, 15) is 0 Å². The zero-order valence-electron chi connectivity index (χ0n) is 50.5. The van der Waals surface area contributed by atoms with Crippen LogP contribution < -0.4 is 0 Å². The van der Waals surface area contributed by atoms with Gasteiger partial charge < -0.3 is 29.9 Å². The van der Waals surface area contributed by atoms with E-state index < -0.39 is 0 Å². The molecule has 0 fully saturated rings. The third-order valence-electron chi connectivity index (χ3n) is 15.7. The average molecular weight is 1560 g/mol. The molecule has 6 nitrogen and oxygen atoms in total. The number of hydrogen-bond acceptors (Lipinski definition) is 6. The first-order chi connectivity index (χ1) is 45.5. The van der Waals surface area contributed by atoms with Crippen molar-refractivity contribution in [3.63, 3.8) is 0 Å². The van der Waals surface area contributed by atoms with E-state index >= 15 is 0 Å². The van der Waals surface area contributed by atoms with Gasteiger partial charge in [-0.1, -0.05) is 168 Å². The molecule has 0 unspecified atom stereocenters. The van der Waals surface area contributed by atoms with Crippen molar-refractivity contribution in [1.29, 1.82) is 0 Å². The van der Waals surface area contributed by atoms with E-state index in [1.165, 1.54) is 0 Å². The molecule has 0 bridgehead atoms. The molecule has 0 aliphatic heterocycles. The second-order valence-electron chi connectivity index (χ2n) is 21.9. The van der Waals surface area contributed by atoms with E-state index in [4.69, 9.17) is 9.97 Å². The molecule has 6 heterocycles. The maximum Gasteiger partial charge on any atom is 3.00 e. The van der Waals surface area contributed by atoms with Crippen molar-refractivity contribution in [3.8, 4) is 101 Å². The zero-order chi connectivity index (χ0) is 61.7. The fourth-order valence-electron chi connectivity index (χ4n) is 10.9. The first-order valence-corrected chi connectivity index (χ1v) is 30.2. The Hall–Kier alpha value is -11.1.